The predicted octanol–water partition coefficient (Wildman–Crippen LogP) is 6.93. The summed E-state index contributed by atoms with van der Waals surface area (Å²) in [7, 11) is 1.97. The van der Waals surface area contributed by atoms with Gasteiger partial charge in [-0.1, -0.05) is 52.0 Å². The van der Waals surface area contributed by atoms with Crippen LogP contribution in [0.25, 0.3) is 5.57 Å². The summed E-state index contributed by atoms with van der Waals surface area (Å²) in [6.45, 7) is 15.9. The molecule has 1 fully saturated rings. The van der Waals surface area contributed by atoms with Gasteiger partial charge in [0.1, 0.15) is 11.6 Å². The first-order valence-electron chi connectivity index (χ1n) is 15.5. The summed E-state index contributed by atoms with van der Waals surface area (Å²) in [4.78, 5) is 16.4. The van der Waals surface area contributed by atoms with Gasteiger partial charge in [-0.15, -0.1) is 10.2 Å². The number of amides is 1. The van der Waals surface area contributed by atoms with Gasteiger partial charge in [-0.25, -0.2) is 9.37 Å². The number of pyridine rings is 1. The number of likely N-dealkylation sites (N-methyl/N-ethyl adjacent to an activating group) is 1. The fraction of sp³-hybridized carbons (Fsp3) is 0.500. The van der Waals surface area contributed by atoms with Crippen LogP contribution >= 0.6 is 11.6 Å². The molecular weight excluding hydrogens is 640 g/mol. The quantitative estimate of drug-likeness (QED) is 0.0631. The number of aliphatic hydroxyl groups is 1. The Labute approximate surface area is 279 Å². The molecule has 2 aromatic rings. The molecule has 6 N–H and O–H groups in total. The summed E-state index contributed by atoms with van der Waals surface area (Å²) in [5, 5.41) is 31.9. The molecule has 0 aliphatic heterocycles. The van der Waals surface area contributed by atoms with E-state index in [1.807, 2.05) is 20.9 Å². The number of allylic oxidation sites excluding steroid dienone is 4. The molecule has 1 saturated carbocycles. The van der Waals surface area contributed by atoms with Crippen LogP contribution in [0.1, 0.15) is 58.6 Å². The Morgan fingerprint density at radius 1 is 1.15 bits per heavy atom. The maximum Gasteiger partial charge on any atom is 0.414 e. The summed E-state index contributed by atoms with van der Waals surface area (Å²) in [6, 6.07) is 4.53. The molecule has 0 spiro atoms. The minimum absolute atomic E-state index is 0.00873. The first kappa shape index (κ1) is 41.4. The molecule has 3 rings (SSSR count). The number of hydrogen-bond donors (Lipinski definition) is 6. The predicted molar refractivity (Wildman–Crippen MR) is 182 cm³/mol. The number of aromatic nitrogens is 3. The summed E-state index contributed by atoms with van der Waals surface area (Å²) in [5.74, 6) is -0.719. The molecule has 0 bridgehead atoms. The molecule has 1 atom stereocenters. The van der Waals surface area contributed by atoms with Gasteiger partial charge >= 0.3 is 6.18 Å². The lowest BCUT2D eigenvalue weighted by Crippen LogP contribution is -2.30. The minimum Gasteiger partial charge on any atom is -0.384 e. The van der Waals surface area contributed by atoms with Gasteiger partial charge in [0.2, 0.25) is 5.91 Å². The van der Waals surface area contributed by atoms with E-state index in [1.165, 1.54) is 24.8 Å². The summed E-state index contributed by atoms with van der Waals surface area (Å²) in [6.07, 6.45) is -1.42. The third-order valence-electron chi connectivity index (χ3n) is 6.50. The SMILES string of the molecule is C=C(Cl)/C=C(\C(=C)F)c1cc(Nc2ccnc(NC(=O)C3CCC3)c2)c(NCCC(O)C(F)(F)F)nn1.CC.CCCNCCNC. The maximum atomic E-state index is 14.1. The van der Waals surface area contributed by atoms with Gasteiger partial charge in [0.25, 0.3) is 0 Å². The number of anilines is 4. The Bertz CT molecular complexity index is 1300. The second-order valence-electron chi connectivity index (χ2n) is 10.2. The molecule has 2 heterocycles. The molecule has 1 unspecified atom stereocenters. The van der Waals surface area contributed by atoms with E-state index in [2.05, 4.69) is 61.8 Å². The zero-order valence-electron chi connectivity index (χ0n) is 27.4. The number of hydrogen-bond acceptors (Lipinski definition) is 9. The largest absolute Gasteiger partial charge is 0.414 e. The Balaban J connectivity index is 0.000000964. The van der Waals surface area contributed by atoms with Gasteiger partial charge in [-0.2, -0.15) is 13.2 Å². The van der Waals surface area contributed by atoms with E-state index >= 15 is 0 Å². The third-order valence-corrected chi connectivity index (χ3v) is 6.60. The van der Waals surface area contributed by atoms with Gasteiger partial charge in [-0.3, -0.25) is 4.79 Å². The van der Waals surface area contributed by atoms with Crippen LogP contribution in [0.5, 0.6) is 0 Å². The van der Waals surface area contributed by atoms with Crippen molar-refractivity contribution in [3.8, 4) is 0 Å². The van der Waals surface area contributed by atoms with Crippen LogP contribution in [0.15, 0.2) is 54.5 Å². The van der Waals surface area contributed by atoms with Crippen molar-refractivity contribution in [2.24, 2.45) is 5.92 Å². The van der Waals surface area contributed by atoms with Crippen LogP contribution in [-0.4, -0.2) is 71.7 Å². The molecule has 1 aliphatic rings. The lowest BCUT2D eigenvalue weighted by Gasteiger charge is -2.23. The van der Waals surface area contributed by atoms with Crippen molar-refractivity contribution < 1.29 is 27.5 Å². The highest BCUT2D eigenvalue weighted by atomic mass is 35.5. The Morgan fingerprint density at radius 3 is 2.40 bits per heavy atom. The molecule has 1 amide bonds. The third kappa shape index (κ3) is 15.7. The second-order valence-corrected chi connectivity index (χ2v) is 10.7. The van der Waals surface area contributed by atoms with Crippen LogP contribution in [0.2, 0.25) is 0 Å². The lowest BCUT2D eigenvalue weighted by atomic mass is 9.85. The number of halogens is 5. The average molecular weight is 687 g/mol. The number of nitrogens with one attached hydrogen (secondary N) is 5. The molecule has 0 radical (unpaired) electrons. The van der Waals surface area contributed by atoms with E-state index in [1.54, 1.807) is 12.1 Å². The van der Waals surface area contributed by atoms with Crippen molar-refractivity contribution in [2.45, 2.75) is 65.2 Å². The maximum absolute atomic E-state index is 14.1. The van der Waals surface area contributed by atoms with Crippen molar-refractivity contribution >= 4 is 46.1 Å². The molecule has 262 valence electrons. The second kappa shape index (κ2) is 22.1. The number of carbonyl (C=O) groups excluding carboxylic acids is 1. The fourth-order valence-electron chi connectivity index (χ4n) is 3.83. The van der Waals surface area contributed by atoms with Crippen molar-refractivity contribution in [3.63, 3.8) is 0 Å². The van der Waals surface area contributed by atoms with Crippen LogP contribution in [-0.2, 0) is 4.79 Å². The van der Waals surface area contributed by atoms with E-state index in [0.29, 0.717) is 11.5 Å². The zero-order valence-corrected chi connectivity index (χ0v) is 28.2. The standard InChI is InChI=1S/C24H25ClF4N6O2.C6H16N2.C2H6/c1-13(25)10-17(14(2)26)18-12-19(22(35-34-18)31-9-7-20(36)24(27,28)29)32-16-6-8-30-21(11-16)33-23(37)15-4-3-5-15;1-3-4-8-6-5-7-2;1-2/h6,8,10-12,15,20,36H,1-5,7,9H2,(H,31,35)(H2,30,32,33,34,37);7-8H,3-6H2,1-2H3;1-2H3/b17-10+;;. The smallest absolute Gasteiger partial charge is 0.384 e. The number of aliphatic hydroxyl groups excluding tert-OH is 1. The van der Waals surface area contributed by atoms with E-state index in [-0.39, 0.29) is 46.2 Å². The first-order valence-corrected chi connectivity index (χ1v) is 15.9. The van der Waals surface area contributed by atoms with Crippen LogP contribution < -0.4 is 26.6 Å². The van der Waals surface area contributed by atoms with Crippen molar-refractivity contribution in [1.82, 2.24) is 25.8 Å². The van der Waals surface area contributed by atoms with Crippen molar-refractivity contribution in [3.05, 3.63) is 60.2 Å². The van der Waals surface area contributed by atoms with Crippen LogP contribution in [0, 0.1) is 5.92 Å². The topological polar surface area (TPSA) is 136 Å². The van der Waals surface area contributed by atoms with E-state index < -0.39 is 24.5 Å². The van der Waals surface area contributed by atoms with Crippen LogP contribution in [0.3, 0.4) is 0 Å². The fourth-order valence-corrected chi connectivity index (χ4v) is 3.94. The average Bonchev–Trinajstić information content (AvgIpc) is 2.99. The highest BCUT2D eigenvalue weighted by Gasteiger charge is 2.37. The molecule has 47 heavy (non-hydrogen) atoms. The van der Waals surface area contributed by atoms with E-state index in [9.17, 15) is 27.5 Å². The number of nitrogens with zero attached hydrogens (tertiary/aromatic N) is 3. The normalized spacial score (nSPS) is 13.5. The van der Waals surface area contributed by atoms with E-state index in [4.69, 9.17) is 11.6 Å². The number of carbonyl (C=O) groups is 1. The highest BCUT2D eigenvalue weighted by molar-refractivity contribution is 6.31. The molecule has 15 heteroatoms. The molecular formula is C32H47ClF4N8O2. The Morgan fingerprint density at radius 2 is 1.85 bits per heavy atom. The van der Waals surface area contributed by atoms with E-state index in [0.717, 1.165) is 38.9 Å². The van der Waals surface area contributed by atoms with Crippen LogP contribution in [0.4, 0.5) is 40.6 Å². The number of alkyl halides is 3. The van der Waals surface area contributed by atoms with Gasteiger partial charge < -0.3 is 31.7 Å². The van der Waals surface area contributed by atoms with Crippen molar-refractivity contribution in [2.75, 3.05) is 49.2 Å². The summed E-state index contributed by atoms with van der Waals surface area (Å²) >= 11 is 5.79. The number of rotatable bonds is 16. The first-order chi connectivity index (χ1) is 22.3. The van der Waals surface area contributed by atoms with Gasteiger partial charge in [0, 0.05) is 54.1 Å². The molecule has 0 saturated heterocycles. The minimum atomic E-state index is -4.76. The summed E-state index contributed by atoms with van der Waals surface area (Å²) < 4.78 is 52.0. The highest BCUT2D eigenvalue weighted by Crippen LogP contribution is 2.31. The molecule has 0 aromatic carbocycles. The molecule has 2 aromatic heterocycles. The molecule has 1 aliphatic carbocycles. The van der Waals surface area contributed by atoms with Gasteiger partial charge in [0.05, 0.1) is 11.4 Å². The monoisotopic (exact) mass is 686 g/mol. The zero-order chi connectivity index (χ0) is 35.4. The summed E-state index contributed by atoms with van der Waals surface area (Å²) in [5.41, 5.74) is 0.576. The van der Waals surface area contributed by atoms with Gasteiger partial charge in [0.15, 0.2) is 11.9 Å². The Hall–Kier alpha value is -3.59. The molecule has 10 nitrogen and oxygen atoms in total. The van der Waals surface area contributed by atoms with Crippen molar-refractivity contribution in [1.29, 1.82) is 0 Å². The van der Waals surface area contributed by atoms with Gasteiger partial charge in [-0.05, 0) is 57.5 Å². The Kier molecular flexibility index (Phi) is 19.5. The lowest BCUT2D eigenvalue weighted by molar-refractivity contribution is -0.204.